The number of nitrogens with one attached hydrogen (secondary N) is 2. The molecule has 37 heavy (non-hydrogen) atoms. The Kier molecular flexibility index (Phi) is 7.63. The summed E-state index contributed by atoms with van der Waals surface area (Å²) in [7, 11) is 0. The van der Waals surface area contributed by atoms with Gasteiger partial charge in [-0.3, -0.25) is 14.6 Å². The summed E-state index contributed by atoms with van der Waals surface area (Å²) in [5.41, 5.74) is 13.4. The van der Waals surface area contributed by atoms with Crippen molar-refractivity contribution < 1.29 is 18.4 Å². The van der Waals surface area contributed by atoms with E-state index in [9.17, 15) is 18.4 Å². The molecule has 11 heteroatoms. The molecule has 1 aliphatic rings. The first-order chi connectivity index (χ1) is 17.6. The van der Waals surface area contributed by atoms with Gasteiger partial charge in [0, 0.05) is 36.5 Å². The third-order valence-corrected chi connectivity index (χ3v) is 6.02. The Morgan fingerprint density at radius 3 is 2.68 bits per heavy atom. The molecule has 0 bridgehead atoms. The fraction of sp³-hybridized carbons (Fsp3) is 0.308. The number of hydrogen-bond acceptors (Lipinski definition) is 7. The van der Waals surface area contributed by atoms with Gasteiger partial charge in [-0.2, -0.15) is 0 Å². The number of carbonyl (C=O) groups excluding carboxylic acids is 2. The van der Waals surface area contributed by atoms with E-state index in [2.05, 4.69) is 20.6 Å². The number of pyridine rings is 2. The zero-order valence-corrected chi connectivity index (χ0v) is 20.5. The van der Waals surface area contributed by atoms with Crippen LogP contribution in [0.15, 0.2) is 48.8 Å². The quantitative estimate of drug-likeness (QED) is 0.400. The molecule has 4 rings (SSSR count). The molecule has 194 valence electrons. The van der Waals surface area contributed by atoms with E-state index in [1.807, 2.05) is 18.7 Å². The summed E-state index contributed by atoms with van der Waals surface area (Å²) < 4.78 is 28.6. The number of nitrogens with two attached hydrogens (primary N) is 2. The van der Waals surface area contributed by atoms with Crippen LogP contribution in [0, 0.1) is 5.82 Å². The number of alkyl halides is 1. The van der Waals surface area contributed by atoms with Gasteiger partial charge in [-0.15, -0.1) is 0 Å². The van der Waals surface area contributed by atoms with E-state index in [4.69, 9.17) is 11.5 Å². The summed E-state index contributed by atoms with van der Waals surface area (Å²) in [4.78, 5) is 35.9. The van der Waals surface area contributed by atoms with E-state index >= 15 is 0 Å². The number of carbonyl (C=O) groups is 2. The highest BCUT2D eigenvalue weighted by Gasteiger charge is 2.28. The third kappa shape index (κ3) is 5.83. The lowest BCUT2D eigenvalue weighted by Gasteiger charge is -2.35. The minimum Gasteiger partial charge on any atom is -0.397 e. The van der Waals surface area contributed by atoms with Crippen molar-refractivity contribution in [1.29, 1.82) is 0 Å². The third-order valence-electron chi connectivity index (χ3n) is 6.02. The van der Waals surface area contributed by atoms with E-state index in [0.29, 0.717) is 17.9 Å². The van der Waals surface area contributed by atoms with Gasteiger partial charge >= 0.3 is 0 Å². The van der Waals surface area contributed by atoms with Gasteiger partial charge in [-0.25, -0.2) is 13.8 Å². The molecule has 0 saturated carbocycles. The number of halogens is 2. The van der Waals surface area contributed by atoms with Crippen LogP contribution in [-0.2, 0) is 0 Å². The van der Waals surface area contributed by atoms with Crippen LogP contribution in [-0.4, -0.2) is 53.1 Å². The number of nitrogens with zero attached hydrogens (tertiary/aromatic N) is 3. The van der Waals surface area contributed by atoms with Gasteiger partial charge in [0.2, 0.25) is 0 Å². The Balaban J connectivity index is 1.62. The molecule has 1 fully saturated rings. The molecule has 1 saturated heterocycles. The maximum absolute atomic E-state index is 14.7. The van der Waals surface area contributed by atoms with Crippen molar-refractivity contribution in [3.05, 3.63) is 65.9 Å². The molecule has 0 radical (unpaired) electrons. The van der Waals surface area contributed by atoms with Crippen molar-refractivity contribution in [3.8, 4) is 11.3 Å². The van der Waals surface area contributed by atoms with E-state index in [-0.39, 0.29) is 53.1 Å². The van der Waals surface area contributed by atoms with E-state index in [1.54, 1.807) is 12.3 Å². The van der Waals surface area contributed by atoms with Crippen LogP contribution in [0.4, 0.5) is 25.8 Å². The van der Waals surface area contributed by atoms with Crippen molar-refractivity contribution in [1.82, 2.24) is 15.3 Å². The minimum atomic E-state index is -1.08. The smallest absolute Gasteiger partial charge is 0.276 e. The van der Waals surface area contributed by atoms with Gasteiger partial charge in [0.25, 0.3) is 11.8 Å². The van der Waals surface area contributed by atoms with Crippen LogP contribution in [0.3, 0.4) is 0 Å². The SMILES string of the molecule is CC(C)NC(=O)c1ccc(F)c(-c2ccc(N)c(C(=O)Nc3cnccc3N3CC[C@@H](F)[C@H](N)C3)n2)c1. The predicted molar refractivity (Wildman–Crippen MR) is 139 cm³/mol. The van der Waals surface area contributed by atoms with Crippen molar-refractivity contribution in [2.45, 2.75) is 38.5 Å². The number of hydrogen-bond donors (Lipinski definition) is 4. The molecule has 2 atom stereocenters. The highest BCUT2D eigenvalue weighted by molar-refractivity contribution is 6.08. The number of piperidine rings is 1. The van der Waals surface area contributed by atoms with Crippen LogP contribution >= 0.6 is 0 Å². The normalized spacial score (nSPS) is 17.5. The first-order valence-electron chi connectivity index (χ1n) is 11.9. The number of nitrogen functional groups attached to an aromatic ring is 1. The molecule has 3 heterocycles. The Morgan fingerprint density at radius 2 is 1.95 bits per heavy atom. The summed E-state index contributed by atoms with van der Waals surface area (Å²) in [5, 5.41) is 5.51. The highest BCUT2D eigenvalue weighted by Crippen LogP contribution is 2.29. The zero-order valence-electron chi connectivity index (χ0n) is 20.5. The van der Waals surface area contributed by atoms with Gasteiger partial charge in [0.05, 0.1) is 35.0 Å². The van der Waals surface area contributed by atoms with Crippen molar-refractivity contribution in [3.63, 3.8) is 0 Å². The maximum atomic E-state index is 14.7. The number of aromatic nitrogens is 2. The van der Waals surface area contributed by atoms with E-state index < -0.39 is 23.9 Å². The first-order valence-corrected chi connectivity index (χ1v) is 11.9. The van der Waals surface area contributed by atoms with E-state index in [1.165, 1.54) is 36.5 Å². The fourth-order valence-corrected chi connectivity index (χ4v) is 4.12. The summed E-state index contributed by atoms with van der Waals surface area (Å²) in [6, 6.07) is 7.83. The average molecular weight is 510 g/mol. The molecular weight excluding hydrogens is 480 g/mol. The van der Waals surface area contributed by atoms with Gasteiger partial charge in [0.1, 0.15) is 12.0 Å². The molecule has 9 nitrogen and oxygen atoms in total. The minimum absolute atomic E-state index is 0.0515. The van der Waals surface area contributed by atoms with Crippen LogP contribution < -0.4 is 27.0 Å². The Labute approximate surface area is 213 Å². The van der Waals surface area contributed by atoms with Crippen LogP contribution in [0.5, 0.6) is 0 Å². The molecule has 2 aromatic heterocycles. The summed E-state index contributed by atoms with van der Waals surface area (Å²) >= 11 is 0. The van der Waals surface area contributed by atoms with Gasteiger partial charge in [0.15, 0.2) is 5.69 Å². The lowest BCUT2D eigenvalue weighted by atomic mass is 10.0. The van der Waals surface area contributed by atoms with Gasteiger partial charge in [-0.1, -0.05) is 0 Å². The number of benzene rings is 1. The predicted octanol–water partition coefficient (Wildman–Crippen LogP) is 3.13. The van der Waals surface area contributed by atoms with Crippen LogP contribution in [0.25, 0.3) is 11.3 Å². The standard InChI is InChI=1S/C26H29F2N7O2/c1-14(2)32-25(36)15-3-4-17(27)16(11-15)21-6-5-19(29)24(33-21)26(37)34-22-12-31-9-7-23(22)35-10-8-18(28)20(30)13-35/h3-7,9,11-12,14,18,20H,8,10,13,29-30H2,1-2H3,(H,32,36)(H,34,37)/t18-,20-/m1/s1. The summed E-state index contributed by atoms with van der Waals surface area (Å²) in [5.74, 6) is -1.59. The van der Waals surface area contributed by atoms with Crippen molar-refractivity contribution in [2.24, 2.45) is 5.73 Å². The summed E-state index contributed by atoms with van der Waals surface area (Å²) in [6.07, 6.45) is 2.22. The lowest BCUT2D eigenvalue weighted by molar-refractivity contribution is 0.0942. The Morgan fingerprint density at radius 1 is 1.16 bits per heavy atom. The molecule has 2 amide bonds. The van der Waals surface area contributed by atoms with Crippen molar-refractivity contribution >= 4 is 28.9 Å². The lowest BCUT2D eigenvalue weighted by Crippen LogP contribution is -2.50. The molecule has 1 aliphatic heterocycles. The Bertz CT molecular complexity index is 1320. The van der Waals surface area contributed by atoms with Gasteiger partial charge < -0.3 is 27.0 Å². The average Bonchev–Trinajstić information content (AvgIpc) is 2.86. The second kappa shape index (κ2) is 10.9. The molecule has 6 N–H and O–H groups in total. The van der Waals surface area contributed by atoms with Crippen LogP contribution in [0.1, 0.15) is 41.1 Å². The molecular formula is C26H29F2N7O2. The number of anilines is 3. The molecule has 3 aromatic rings. The van der Waals surface area contributed by atoms with Crippen molar-refractivity contribution in [2.75, 3.05) is 29.0 Å². The number of rotatable bonds is 6. The Hall–Kier alpha value is -4.12. The molecule has 0 unspecified atom stereocenters. The van der Waals surface area contributed by atoms with Crippen LogP contribution in [0.2, 0.25) is 0 Å². The molecule has 0 spiro atoms. The van der Waals surface area contributed by atoms with E-state index in [0.717, 1.165) is 0 Å². The number of amides is 2. The summed E-state index contributed by atoms with van der Waals surface area (Å²) in [6.45, 7) is 4.35. The first kappa shape index (κ1) is 26.0. The highest BCUT2D eigenvalue weighted by atomic mass is 19.1. The maximum Gasteiger partial charge on any atom is 0.276 e. The largest absolute Gasteiger partial charge is 0.397 e. The topological polar surface area (TPSA) is 139 Å². The molecule has 0 aliphatic carbocycles. The monoisotopic (exact) mass is 509 g/mol. The second-order valence-corrected chi connectivity index (χ2v) is 9.22. The fourth-order valence-electron chi connectivity index (χ4n) is 4.12. The second-order valence-electron chi connectivity index (χ2n) is 9.22. The molecule has 1 aromatic carbocycles. The zero-order chi connectivity index (χ0) is 26.7. The van der Waals surface area contributed by atoms with Gasteiger partial charge in [-0.05, 0) is 56.7 Å².